The van der Waals surface area contributed by atoms with E-state index >= 15 is 0 Å². The lowest BCUT2D eigenvalue weighted by Gasteiger charge is -2.14. The standard InChI is InChI=1S/C32H33N3O3/c1-24(26-13-6-3-7-14-26)34-32(37)27-17-19-28(20-18-27)35-31(36)23-33-29-15-8-16-30(22-29)38-21-9-12-25-10-4-2-5-11-25/h2-8,10-11,13-20,22,24,33H,9,12,21,23H2,1H3,(H,34,37)(H,35,36). The van der Waals surface area contributed by atoms with Crippen molar-refractivity contribution in [2.45, 2.75) is 25.8 Å². The molecule has 0 aliphatic rings. The van der Waals surface area contributed by atoms with E-state index in [-0.39, 0.29) is 24.4 Å². The van der Waals surface area contributed by atoms with E-state index in [1.165, 1.54) is 5.56 Å². The van der Waals surface area contributed by atoms with Crippen LogP contribution in [0.1, 0.15) is 40.9 Å². The molecule has 4 rings (SSSR count). The highest BCUT2D eigenvalue weighted by Crippen LogP contribution is 2.18. The number of ether oxygens (including phenoxy) is 1. The normalized spacial score (nSPS) is 11.3. The fourth-order valence-electron chi connectivity index (χ4n) is 4.00. The van der Waals surface area contributed by atoms with Crippen molar-refractivity contribution < 1.29 is 14.3 Å². The largest absolute Gasteiger partial charge is 0.494 e. The Labute approximate surface area is 224 Å². The predicted octanol–water partition coefficient (Wildman–Crippen LogP) is 6.24. The van der Waals surface area contributed by atoms with Crippen LogP contribution in [-0.4, -0.2) is 25.0 Å². The lowest BCUT2D eigenvalue weighted by atomic mass is 10.1. The Morgan fingerprint density at radius 2 is 1.50 bits per heavy atom. The van der Waals surface area contributed by atoms with E-state index in [9.17, 15) is 9.59 Å². The highest BCUT2D eigenvalue weighted by Gasteiger charge is 2.11. The summed E-state index contributed by atoms with van der Waals surface area (Å²) in [5.74, 6) is 0.413. The average Bonchev–Trinajstić information content (AvgIpc) is 2.96. The maximum atomic E-state index is 12.6. The maximum absolute atomic E-state index is 12.6. The van der Waals surface area contributed by atoms with Crippen molar-refractivity contribution in [3.63, 3.8) is 0 Å². The zero-order valence-corrected chi connectivity index (χ0v) is 21.5. The van der Waals surface area contributed by atoms with Gasteiger partial charge in [0.15, 0.2) is 0 Å². The van der Waals surface area contributed by atoms with Gasteiger partial charge in [0.05, 0.1) is 19.2 Å². The van der Waals surface area contributed by atoms with Crippen molar-refractivity contribution in [1.29, 1.82) is 0 Å². The Balaban J connectivity index is 1.19. The molecule has 2 amide bonds. The van der Waals surface area contributed by atoms with E-state index in [4.69, 9.17) is 4.74 Å². The van der Waals surface area contributed by atoms with E-state index in [1.54, 1.807) is 24.3 Å². The third kappa shape index (κ3) is 8.23. The van der Waals surface area contributed by atoms with Gasteiger partial charge in [-0.2, -0.15) is 0 Å². The van der Waals surface area contributed by atoms with E-state index in [2.05, 4.69) is 28.1 Å². The number of carbonyl (C=O) groups excluding carboxylic acids is 2. The van der Waals surface area contributed by atoms with Gasteiger partial charge in [0.2, 0.25) is 5.91 Å². The number of aryl methyl sites for hydroxylation is 1. The first kappa shape index (κ1) is 26.5. The number of hydrogen-bond donors (Lipinski definition) is 3. The van der Waals surface area contributed by atoms with E-state index in [0.29, 0.717) is 17.9 Å². The fourth-order valence-corrected chi connectivity index (χ4v) is 4.00. The molecule has 0 spiro atoms. The molecule has 0 fully saturated rings. The number of anilines is 2. The van der Waals surface area contributed by atoms with Crippen molar-refractivity contribution in [2.75, 3.05) is 23.8 Å². The van der Waals surface area contributed by atoms with Gasteiger partial charge in [-0.25, -0.2) is 0 Å². The molecule has 6 heteroatoms. The van der Waals surface area contributed by atoms with Crippen LogP contribution in [0.4, 0.5) is 11.4 Å². The van der Waals surface area contributed by atoms with Crippen LogP contribution in [0.5, 0.6) is 5.75 Å². The van der Waals surface area contributed by atoms with Gasteiger partial charge in [-0.05, 0) is 67.3 Å². The van der Waals surface area contributed by atoms with Gasteiger partial charge >= 0.3 is 0 Å². The molecule has 0 radical (unpaired) electrons. The lowest BCUT2D eigenvalue weighted by Crippen LogP contribution is -2.26. The minimum absolute atomic E-state index is 0.104. The first-order chi connectivity index (χ1) is 18.6. The number of amides is 2. The summed E-state index contributed by atoms with van der Waals surface area (Å²) in [4.78, 5) is 25.0. The number of rotatable bonds is 12. The third-order valence-corrected chi connectivity index (χ3v) is 6.09. The molecule has 0 saturated heterocycles. The second-order valence-electron chi connectivity index (χ2n) is 9.05. The Hall–Kier alpha value is -4.58. The predicted molar refractivity (Wildman–Crippen MR) is 153 cm³/mol. The molecule has 194 valence electrons. The molecule has 0 aliphatic carbocycles. The minimum Gasteiger partial charge on any atom is -0.494 e. The highest BCUT2D eigenvalue weighted by atomic mass is 16.5. The Kier molecular flexibility index (Phi) is 9.51. The van der Waals surface area contributed by atoms with E-state index in [0.717, 1.165) is 29.8 Å². The average molecular weight is 508 g/mol. The number of hydrogen-bond acceptors (Lipinski definition) is 4. The molecule has 4 aromatic carbocycles. The Morgan fingerprint density at radius 1 is 0.789 bits per heavy atom. The molecular weight excluding hydrogens is 474 g/mol. The minimum atomic E-state index is -0.186. The summed E-state index contributed by atoms with van der Waals surface area (Å²) >= 11 is 0. The molecule has 0 bridgehead atoms. The van der Waals surface area contributed by atoms with Crippen molar-refractivity contribution >= 4 is 23.2 Å². The van der Waals surface area contributed by atoms with Crippen molar-refractivity contribution in [1.82, 2.24) is 5.32 Å². The number of nitrogens with one attached hydrogen (secondary N) is 3. The lowest BCUT2D eigenvalue weighted by molar-refractivity contribution is -0.114. The molecular formula is C32H33N3O3. The molecule has 1 unspecified atom stereocenters. The second kappa shape index (κ2) is 13.7. The molecule has 1 atom stereocenters. The van der Waals surface area contributed by atoms with Gasteiger partial charge in [0, 0.05) is 23.0 Å². The second-order valence-corrected chi connectivity index (χ2v) is 9.05. The summed E-state index contributed by atoms with van der Waals surface area (Å²) in [6.07, 6.45) is 1.90. The van der Waals surface area contributed by atoms with Crippen LogP contribution in [-0.2, 0) is 11.2 Å². The number of carbonyl (C=O) groups is 2. The first-order valence-electron chi connectivity index (χ1n) is 12.8. The Bertz CT molecular complexity index is 1310. The molecule has 6 nitrogen and oxygen atoms in total. The smallest absolute Gasteiger partial charge is 0.251 e. The zero-order chi connectivity index (χ0) is 26.6. The SMILES string of the molecule is CC(NC(=O)c1ccc(NC(=O)CNc2cccc(OCCCc3ccccc3)c2)cc1)c1ccccc1. The van der Waals surface area contributed by atoms with Crippen LogP contribution in [0.3, 0.4) is 0 Å². The highest BCUT2D eigenvalue weighted by molar-refractivity contribution is 5.96. The molecule has 0 aliphatic heterocycles. The summed E-state index contributed by atoms with van der Waals surface area (Å²) < 4.78 is 5.88. The Morgan fingerprint density at radius 3 is 2.24 bits per heavy atom. The fraction of sp³-hybridized carbons (Fsp3) is 0.188. The van der Waals surface area contributed by atoms with Crippen LogP contribution >= 0.6 is 0 Å². The van der Waals surface area contributed by atoms with Crippen molar-refractivity contribution in [3.05, 3.63) is 126 Å². The van der Waals surface area contributed by atoms with Gasteiger partial charge in [0.1, 0.15) is 5.75 Å². The van der Waals surface area contributed by atoms with Crippen LogP contribution in [0.25, 0.3) is 0 Å². The number of benzene rings is 4. The molecule has 0 aromatic heterocycles. The van der Waals surface area contributed by atoms with Crippen molar-refractivity contribution in [3.8, 4) is 5.75 Å². The molecule has 38 heavy (non-hydrogen) atoms. The van der Waals surface area contributed by atoms with Crippen LogP contribution in [0.15, 0.2) is 109 Å². The summed E-state index contributed by atoms with van der Waals surface area (Å²) in [5, 5.41) is 8.98. The molecule has 0 heterocycles. The quantitative estimate of drug-likeness (QED) is 0.198. The summed E-state index contributed by atoms with van der Waals surface area (Å²) in [7, 11) is 0. The van der Waals surface area contributed by atoms with Gasteiger partial charge in [-0.15, -0.1) is 0 Å². The van der Waals surface area contributed by atoms with Crippen LogP contribution < -0.4 is 20.7 Å². The molecule has 0 saturated carbocycles. The third-order valence-electron chi connectivity index (χ3n) is 6.09. The van der Waals surface area contributed by atoms with Crippen molar-refractivity contribution in [2.24, 2.45) is 0 Å². The summed E-state index contributed by atoms with van der Waals surface area (Å²) in [5.41, 5.74) is 4.30. The van der Waals surface area contributed by atoms with Gasteiger partial charge in [-0.1, -0.05) is 66.7 Å². The summed E-state index contributed by atoms with van der Waals surface area (Å²) in [6.45, 7) is 2.68. The first-order valence-corrected chi connectivity index (χ1v) is 12.8. The van der Waals surface area contributed by atoms with Gasteiger partial charge < -0.3 is 20.7 Å². The maximum Gasteiger partial charge on any atom is 0.251 e. The molecule has 4 aromatic rings. The zero-order valence-electron chi connectivity index (χ0n) is 21.5. The van der Waals surface area contributed by atoms with Crippen LogP contribution in [0, 0.1) is 0 Å². The van der Waals surface area contributed by atoms with E-state index < -0.39 is 0 Å². The van der Waals surface area contributed by atoms with Gasteiger partial charge in [0.25, 0.3) is 5.91 Å². The van der Waals surface area contributed by atoms with E-state index in [1.807, 2.05) is 79.7 Å². The van der Waals surface area contributed by atoms with Crippen LogP contribution in [0.2, 0.25) is 0 Å². The topological polar surface area (TPSA) is 79.5 Å². The molecule has 3 N–H and O–H groups in total. The summed E-state index contributed by atoms with van der Waals surface area (Å²) in [6, 6.07) is 34.5. The monoisotopic (exact) mass is 507 g/mol. The van der Waals surface area contributed by atoms with Gasteiger partial charge in [-0.3, -0.25) is 9.59 Å².